The predicted molar refractivity (Wildman–Crippen MR) is 79.4 cm³/mol. The van der Waals surface area contributed by atoms with Gasteiger partial charge in [0.15, 0.2) is 0 Å². The first kappa shape index (κ1) is 13.8. The van der Waals surface area contributed by atoms with Crippen molar-refractivity contribution in [1.82, 2.24) is 0 Å². The standard InChI is InChI=1S/C16H18O2S/c1-10(2)18-14-7-5-6-13(9-14)16(17)15-8-11(3)12(4)19-15/h5-10H,1-4H3. The molecule has 1 aromatic heterocycles. The SMILES string of the molecule is Cc1cc(C(=O)c2cccc(OC(C)C)c2)sc1C. The molecule has 0 fully saturated rings. The summed E-state index contributed by atoms with van der Waals surface area (Å²) >= 11 is 1.55. The van der Waals surface area contributed by atoms with Gasteiger partial charge in [-0.1, -0.05) is 12.1 Å². The summed E-state index contributed by atoms with van der Waals surface area (Å²) in [5, 5.41) is 0. The molecule has 0 bridgehead atoms. The number of ketones is 1. The van der Waals surface area contributed by atoms with Crippen molar-refractivity contribution in [2.75, 3.05) is 0 Å². The summed E-state index contributed by atoms with van der Waals surface area (Å²) < 4.78 is 5.62. The molecule has 0 radical (unpaired) electrons. The molecule has 0 spiro atoms. The van der Waals surface area contributed by atoms with E-state index >= 15 is 0 Å². The highest BCUT2D eigenvalue weighted by atomic mass is 32.1. The molecule has 0 atom stereocenters. The number of carbonyl (C=O) groups excluding carboxylic acids is 1. The van der Waals surface area contributed by atoms with Gasteiger partial charge in [0.05, 0.1) is 11.0 Å². The van der Waals surface area contributed by atoms with Crippen molar-refractivity contribution in [2.45, 2.75) is 33.8 Å². The summed E-state index contributed by atoms with van der Waals surface area (Å²) in [6.07, 6.45) is 0.108. The minimum Gasteiger partial charge on any atom is -0.491 e. The summed E-state index contributed by atoms with van der Waals surface area (Å²) in [6.45, 7) is 8.01. The van der Waals surface area contributed by atoms with Crippen LogP contribution in [0.2, 0.25) is 0 Å². The van der Waals surface area contributed by atoms with Crippen LogP contribution in [-0.4, -0.2) is 11.9 Å². The van der Waals surface area contributed by atoms with Gasteiger partial charge >= 0.3 is 0 Å². The van der Waals surface area contributed by atoms with E-state index in [0.717, 1.165) is 10.6 Å². The molecule has 0 N–H and O–H groups in total. The fourth-order valence-corrected chi connectivity index (χ4v) is 2.81. The van der Waals surface area contributed by atoms with Crippen LogP contribution in [0.4, 0.5) is 0 Å². The third-order valence-electron chi connectivity index (χ3n) is 2.86. The van der Waals surface area contributed by atoms with Crippen LogP contribution in [-0.2, 0) is 0 Å². The predicted octanol–water partition coefficient (Wildman–Crippen LogP) is 4.38. The zero-order chi connectivity index (χ0) is 14.0. The molecular formula is C16H18O2S. The average molecular weight is 274 g/mol. The van der Waals surface area contributed by atoms with E-state index in [4.69, 9.17) is 4.74 Å². The fraction of sp³-hybridized carbons (Fsp3) is 0.312. The van der Waals surface area contributed by atoms with Crippen LogP contribution in [0.3, 0.4) is 0 Å². The highest BCUT2D eigenvalue weighted by Gasteiger charge is 2.13. The van der Waals surface area contributed by atoms with E-state index in [1.165, 1.54) is 10.4 Å². The summed E-state index contributed by atoms with van der Waals surface area (Å²) in [4.78, 5) is 14.4. The zero-order valence-corrected chi connectivity index (χ0v) is 12.5. The van der Waals surface area contributed by atoms with Gasteiger partial charge in [-0.2, -0.15) is 0 Å². The van der Waals surface area contributed by atoms with Gasteiger partial charge in [-0.25, -0.2) is 0 Å². The van der Waals surface area contributed by atoms with E-state index in [1.807, 2.05) is 58.0 Å². The van der Waals surface area contributed by atoms with E-state index in [0.29, 0.717) is 5.56 Å². The summed E-state index contributed by atoms with van der Waals surface area (Å²) in [5.74, 6) is 0.807. The van der Waals surface area contributed by atoms with Gasteiger partial charge in [0.1, 0.15) is 5.75 Å². The monoisotopic (exact) mass is 274 g/mol. The van der Waals surface area contributed by atoms with Gasteiger partial charge in [0.25, 0.3) is 0 Å². The zero-order valence-electron chi connectivity index (χ0n) is 11.7. The molecule has 2 nitrogen and oxygen atoms in total. The van der Waals surface area contributed by atoms with Gasteiger partial charge in [-0.15, -0.1) is 11.3 Å². The molecule has 2 rings (SSSR count). The number of ether oxygens (including phenoxy) is 1. The smallest absolute Gasteiger partial charge is 0.203 e. The van der Waals surface area contributed by atoms with Crippen molar-refractivity contribution in [3.05, 3.63) is 51.2 Å². The Hall–Kier alpha value is -1.61. The molecule has 2 aromatic rings. The van der Waals surface area contributed by atoms with Gasteiger partial charge in [-0.3, -0.25) is 4.79 Å². The Morgan fingerprint density at radius 3 is 2.53 bits per heavy atom. The van der Waals surface area contributed by atoms with Crippen LogP contribution >= 0.6 is 11.3 Å². The summed E-state index contributed by atoms with van der Waals surface area (Å²) in [6, 6.07) is 9.34. The molecule has 0 unspecified atom stereocenters. The number of thiophene rings is 1. The molecule has 0 aliphatic carbocycles. The first-order valence-corrected chi connectivity index (χ1v) is 7.17. The molecule has 19 heavy (non-hydrogen) atoms. The number of carbonyl (C=O) groups is 1. The summed E-state index contributed by atoms with van der Waals surface area (Å²) in [5.41, 5.74) is 1.85. The highest BCUT2D eigenvalue weighted by molar-refractivity contribution is 7.14. The van der Waals surface area contributed by atoms with E-state index in [9.17, 15) is 4.79 Å². The van der Waals surface area contributed by atoms with Crippen LogP contribution in [0, 0.1) is 13.8 Å². The molecule has 100 valence electrons. The molecule has 1 aromatic carbocycles. The minimum atomic E-state index is 0.0652. The first-order valence-electron chi connectivity index (χ1n) is 6.36. The Morgan fingerprint density at radius 1 is 1.21 bits per heavy atom. The van der Waals surface area contributed by atoms with Crippen molar-refractivity contribution in [3.8, 4) is 5.75 Å². The van der Waals surface area contributed by atoms with Crippen LogP contribution in [0.25, 0.3) is 0 Å². The van der Waals surface area contributed by atoms with Gasteiger partial charge in [0.2, 0.25) is 5.78 Å². The fourth-order valence-electron chi connectivity index (χ4n) is 1.81. The lowest BCUT2D eigenvalue weighted by Crippen LogP contribution is -2.06. The quantitative estimate of drug-likeness (QED) is 0.773. The lowest BCUT2D eigenvalue weighted by atomic mass is 10.1. The molecule has 0 saturated heterocycles. The van der Waals surface area contributed by atoms with Crippen molar-refractivity contribution in [3.63, 3.8) is 0 Å². The van der Waals surface area contributed by atoms with Crippen molar-refractivity contribution in [1.29, 1.82) is 0 Å². The van der Waals surface area contributed by atoms with Gasteiger partial charge in [-0.05, 0) is 51.5 Å². The number of hydrogen-bond donors (Lipinski definition) is 0. The Bertz CT molecular complexity index is 577. The van der Waals surface area contributed by atoms with Crippen LogP contribution in [0.15, 0.2) is 30.3 Å². The first-order chi connectivity index (χ1) is 8.97. The molecule has 0 saturated carbocycles. The second-order valence-corrected chi connectivity index (χ2v) is 6.13. The maximum atomic E-state index is 12.4. The van der Waals surface area contributed by atoms with Crippen molar-refractivity contribution < 1.29 is 9.53 Å². The number of hydrogen-bond acceptors (Lipinski definition) is 3. The number of aryl methyl sites for hydroxylation is 2. The topological polar surface area (TPSA) is 26.3 Å². The molecule has 0 amide bonds. The number of benzene rings is 1. The van der Waals surface area contributed by atoms with Crippen molar-refractivity contribution >= 4 is 17.1 Å². The third kappa shape index (κ3) is 3.24. The lowest BCUT2D eigenvalue weighted by molar-refractivity contribution is 0.104. The lowest BCUT2D eigenvalue weighted by Gasteiger charge is -2.10. The van der Waals surface area contributed by atoms with E-state index in [2.05, 4.69) is 0 Å². The van der Waals surface area contributed by atoms with Crippen molar-refractivity contribution in [2.24, 2.45) is 0 Å². The van der Waals surface area contributed by atoms with Crippen LogP contribution < -0.4 is 4.74 Å². The molecular weight excluding hydrogens is 256 g/mol. The average Bonchev–Trinajstić information content (AvgIpc) is 2.68. The second kappa shape index (κ2) is 5.57. The van der Waals surface area contributed by atoms with Gasteiger partial charge in [0, 0.05) is 10.4 Å². The normalized spacial score (nSPS) is 10.8. The Balaban J connectivity index is 2.28. The van der Waals surface area contributed by atoms with E-state index in [-0.39, 0.29) is 11.9 Å². The Kier molecular flexibility index (Phi) is 4.05. The number of rotatable bonds is 4. The molecule has 0 aliphatic rings. The molecule has 3 heteroatoms. The van der Waals surface area contributed by atoms with Crippen LogP contribution in [0.1, 0.15) is 39.5 Å². The van der Waals surface area contributed by atoms with Crippen LogP contribution in [0.5, 0.6) is 5.75 Å². The second-order valence-electron chi connectivity index (χ2n) is 4.87. The summed E-state index contributed by atoms with van der Waals surface area (Å²) in [7, 11) is 0. The molecule has 0 aliphatic heterocycles. The Morgan fingerprint density at radius 2 is 1.95 bits per heavy atom. The Labute approximate surface area is 118 Å². The highest BCUT2D eigenvalue weighted by Crippen LogP contribution is 2.25. The van der Waals surface area contributed by atoms with E-state index in [1.54, 1.807) is 11.3 Å². The molecule has 1 heterocycles. The third-order valence-corrected chi connectivity index (χ3v) is 4.01. The largest absolute Gasteiger partial charge is 0.491 e. The maximum absolute atomic E-state index is 12.4. The minimum absolute atomic E-state index is 0.0652. The van der Waals surface area contributed by atoms with E-state index < -0.39 is 0 Å². The van der Waals surface area contributed by atoms with Gasteiger partial charge < -0.3 is 4.74 Å². The maximum Gasteiger partial charge on any atom is 0.203 e.